The Morgan fingerprint density at radius 1 is 1.29 bits per heavy atom. The molecule has 24 heavy (non-hydrogen) atoms. The Morgan fingerprint density at radius 2 is 2.00 bits per heavy atom. The van der Waals surface area contributed by atoms with Gasteiger partial charge in [-0.2, -0.15) is 0 Å². The number of allylic oxidation sites excluding steroid dienone is 1. The maximum atomic E-state index is 12.4. The molecule has 0 bridgehead atoms. The second-order valence-electron chi connectivity index (χ2n) is 5.86. The monoisotopic (exact) mass is 384 g/mol. The van der Waals surface area contributed by atoms with Gasteiger partial charge in [-0.1, -0.05) is 30.1 Å². The van der Waals surface area contributed by atoms with Crippen LogP contribution in [0.25, 0.3) is 0 Å². The number of thiocarbonyl (C=S) groups is 1. The first-order valence-corrected chi connectivity index (χ1v) is 9.13. The molecule has 0 fully saturated rings. The number of ether oxygens (including phenoxy) is 1. The van der Waals surface area contributed by atoms with Crippen LogP contribution in [0.2, 0.25) is 10.0 Å². The van der Waals surface area contributed by atoms with Crippen LogP contribution in [0.5, 0.6) is 5.75 Å². The van der Waals surface area contributed by atoms with Crippen LogP contribution in [0.3, 0.4) is 0 Å². The Labute approximate surface area is 156 Å². The number of ketones is 1. The van der Waals surface area contributed by atoms with Crippen LogP contribution in [0, 0.1) is 0 Å². The van der Waals surface area contributed by atoms with Gasteiger partial charge in [0.1, 0.15) is 0 Å². The van der Waals surface area contributed by atoms with Crippen LogP contribution < -0.4 is 15.4 Å². The average Bonchev–Trinajstić information content (AvgIpc) is 2.53. The van der Waals surface area contributed by atoms with E-state index >= 15 is 0 Å². The number of halogens is 2. The zero-order chi connectivity index (χ0) is 17.3. The molecular weight excluding hydrogens is 367 g/mol. The van der Waals surface area contributed by atoms with Crippen LogP contribution in [0.15, 0.2) is 23.4 Å². The molecule has 1 heterocycles. The van der Waals surface area contributed by atoms with E-state index in [9.17, 15) is 4.79 Å². The summed E-state index contributed by atoms with van der Waals surface area (Å²) in [5.74, 6) is 0.604. The lowest BCUT2D eigenvalue weighted by Gasteiger charge is -2.34. The van der Waals surface area contributed by atoms with E-state index in [0.717, 1.165) is 36.1 Å². The molecule has 2 N–H and O–H groups in total. The molecule has 1 aromatic rings. The molecule has 1 atom stereocenters. The molecular formula is C17H18Cl2N2O2S. The van der Waals surface area contributed by atoms with Gasteiger partial charge in [0.05, 0.1) is 22.7 Å². The van der Waals surface area contributed by atoms with Gasteiger partial charge in [-0.3, -0.25) is 4.79 Å². The Balaban J connectivity index is 2.01. The van der Waals surface area contributed by atoms with Crippen molar-refractivity contribution < 1.29 is 9.53 Å². The molecule has 0 saturated heterocycles. The molecule has 2 aliphatic rings. The Kier molecular flexibility index (Phi) is 5.33. The van der Waals surface area contributed by atoms with E-state index in [-0.39, 0.29) is 11.8 Å². The van der Waals surface area contributed by atoms with Gasteiger partial charge in [0.25, 0.3) is 0 Å². The molecule has 1 aromatic carbocycles. The zero-order valence-electron chi connectivity index (χ0n) is 13.2. The second-order valence-corrected chi connectivity index (χ2v) is 7.09. The summed E-state index contributed by atoms with van der Waals surface area (Å²) in [6.45, 7) is 2.56. The van der Waals surface area contributed by atoms with Crippen LogP contribution in [-0.4, -0.2) is 17.5 Å². The van der Waals surface area contributed by atoms with Crippen molar-refractivity contribution in [1.82, 2.24) is 10.6 Å². The number of carbonyl (C=O) groups is 1. The Hall–Kier alpha value is -1.30. The minimum atomic E-state index is -0.336. The quantitative estimate of drug-likeness (QED) is 0.757. The summed E-state index contributed by atoms with van der Waals surface area (Å²) in [4.78, 5) is 12.4. The highest BCUT2D eigenvalue weighted by atomic mass is 35.5. The van der Waals surface area contributed by atoms with Crippen LogP contribution in [-0.2, 0) is 4.79 Å². The fraction of sp³-hybridized carbons (Fsp3) is 0.412. The van der Waals surface area contributed by atoms with E-state index in [1.165, 1.54) is 0 Å². The highest BCUT2D eigenvalue weighted by molar-refractivity contribution is 7.80. The van der Waals surface area contributed by atoms with Crippen molar-refractivity contribution in [2.24, 2.45) is 0 Å². The van der Waals surface area contributed by atoms with Crippen LogP contribution in [0.4, 0.5) is 0 Å². The van der Waals surface area contributed by atoms with Gasteiger partial charge in [0.2, 0.25) is 0 Å². The normalized spacial score (nSPS) is 20.4. The fourth-order valence-electron chi connectivity index (χ4n) is 3.04. The van der Waals surface area contributed by atoms with E-state index in [1.54, 1.807) is 12.1 Å². The average molecular weight is 385 g/mol. The predicted molar refractivity (Wildman–Crippen MR) is 99.7 cm³/mol. The van der Waals surface area contributed by atoms with Crippen molar-refractivity contribution >= 4 is 46.3 Å². The molecule has 7 heteroatoms. The van der Waals surface area contributed by atoms with Gasteiger partial charge in [0.15, 0.2) is 16.6 Å². The molecule has 1 aliphatic carbocycles. The van der Waals surface area contributed by atoms with E-state index in [4.69, 9.17) is 40.2 Å². The lowest BCUT2D eigenvalue weighted by molar-refractivity contribution is -0.116. The third-order valence-corrected chi connectivity index (χ3v) is 4.87. The molecule has 0 amide bonds. The standard InChI is InChI=1S/C17H18Cl2N2O2S/c1-2-6-23-16-10(18)7-9(8-11(16)19)15-14-12(20-17(24)21-15)4-3-5-13(14)22/h7-8,15H,2-6H2,1H3,(H2,20,21,24). The van der Waals surface area contributed by atoms with Crippen LogP contribution in [0.1, 0.15) is 44.2 Å². The molecule has 0 spiro atoms. The minimum absolute atomic E-state index is 0.127. The minimum Gasteiger partial charge on any atom is -0.490 e. The first kappa shape index (κ1) is 17.5. The highest BCUT2D eigenvalue weighted by Crippen LogP contribution is 2.40. The third kappa shape index (κ3) is 3.39. The van der Waals surface area contributed by atoms with E-state index in [1.807, 2.05) is 6.92 Å². The van der Waals surface area contributed by atoms with Gasteiger partial charge in [-0.25, -0.2) is 0 Å². The van der Waals surface area contributed by atoms with Gasteiger partial charge in [0, 0.05) is 17.7 Å². The summed E-state index contributed by atoms with van der Waals surface area (Å²) in [6.07, 6.45) is 3.07. The molecule has 0 saturated carbocycles. The summed E-state index contributed by atoms with van der Waals surface area (Å²) in [7, 11) is 0. The van der Waals surface area contributed by atoms with Crippen molar-refractivity contribution in [2.45, 2.75) is 38.6 Å². The number of Topliss-reactive ketones (excluding diaryl/α,β-unsaturated/α-hetero) is 1. The van der Waals surface area contributed by atoms with Gasteiger partial charge >= 0.3 is 0 Å². The topological polar surface area (TPSA) is 50.4 Å². The summed E-state index contributed by atoms with van der Waals surface area (Å²) in [5.41, 5.74) is 2.43. The van der Waals surface area contributed by atoms with E-state index in [0.29, 0.717) is 33.9 Å². The van der Waals surface area contributed by atoms with Crippen molar-refractivity contribution in [3.05, 3.63) is 39.0 Å². The number of rotatable bonds is 4. The number of hydrogen-bond donors (Lipinski definition) is 2. The largest absolute Gasteiger partial charge is 0.490 e. The van der Waals surface area contributed by atoms with Gasteiger partial charge in [-0.05, 0) is 49.2 Å². The first-order chi connectivity index (χ1) is 11.5. The summed E-state index contributed by atoms with van der Waals surface area (Å²) in [6, 6.07) is 3.24. The van der Waals surface area contributed by atoms with E-state index < -0.39 is 0 Å². The van der Waals surface area contributed by atoms with Crippen molar-refractivity contribution in [3.8, 4) is 5.75 Å². The summed E-state index contributed by atoms with van der Waals surface area (Å²) in [5, 5.41) is 7.64. The maximum Gasteiger partial charge on any atom is 0.171 e. The van der Waals surface area contributed by atoms with Crippen molar-refractivity contribution in [1.29, 1.82) is 0 Å². The number of hydrogen-bond acceptors (Lipinski definition) is 3. The van der Waals surface area contributed by atoms with E-state index in [2.05, 4.69) is 10.6 Å². The molecule has 1 aliphatic heterocycles. The molecule has 3 rings (SSSR count). The molecule has 0 aromatic heterocycles. The summed E-state index contributed by atoms with van der Waals surface area (Å²) < 4.78 is 5.61. The van der Waals surface area contributed by atoms with Crippen molar-refractivity contribution in [2.75, 3.05) is 6.61 Å². The number of nitrogens with one attached hydrogen (secondary N) is 2. The first-order valence-electron chi connectivity index (χ1n) is 7.96. The molecule has 1 unspecified atom stereocenters. The molecule has 128 valence electrons. The second kappa shape index (κ2) is 7.30. The van der Waals surface area contributed by atoms with Gasteiger partial charge < -0.3 is 15.4 Å². The van der Waals surface area contributed by atoms with Gasteiger partial charge in [-0.15, -0.1) is 0 Å². The molecule has 0 radical (unpaired) electrons. The van der Waals surface area contributed by atoms with Crippen molar-refractivity contribution in [3.63, 3.8) is 0 Å². The lowest BCUT2D eigenvalue weighted by Crippen LogP contribution is -2.46. The highest BCUT2D eigenvalue weighted by Gasteiger charge is 2.33. The number of carbonyl (C=O) groups excluding carboxylic acids is 1. The van der Waals surface area contributed by atoms with Crippen LogP contribution >= 0.6 is 35.4 Å². The smallest absolute Gasteiger partial charge is 0.171 e. The third-order valence-electron chi connectivity index (χ3n) is 4.09. The SMILES string of the molecule is CCCOc1c(Cl)cc(C2NC(=S)NC3=C2C(=O)CCC3)cc1Cl. The molecule has 4 nitrogen and oxygen atoms in total. The lowest BCUT2D eigenvalue weighted by atomic mass is 9.85. The Bertz CT molecular complexity index is 710. The predicted octanol–water partition coefficient (Wildman–Crippen LogP) is 4.31. The fourth-order valence-corrected chi connectivity index (χ4v) is 3.90. The zero-order valence-corrected chi connectivity index (χ0v) is 15.6. The number of benzene rings is 1. The maximum absolute atomic E-state index is 12.4. The summed E-state index contributed by atoms with van der Waals surface area (Å²) >= 11 is 18.0. The Morgan fingerprint density at radius 3 is 2.67 bits per heavy atom.